The maximum atomic E-state index is 13.3. The summed E-state index contributed by atoms with van der Waals surface area (Å²) in [7, 11) is 0. The summed E-state index contributed by atoms with van der Waals surface area (Å²) in [6.07, 6.45) is 0. The van der Waals surface area contributed by atoms with Crippen molar-refractivity contribution in [2.45, 2.75) is 6.61 Å². The molecule has 1 N–H and O–H groups in total. The molecule has 0 fully saturated rings. The fourth-order valence-electron chi connectivity index (χ4n) is 2.18. The van der Waals surface area contributed by atoms with E-state index in [1.54, 1.807) is 18.2 Å². The van der Waals surface area contributed by atoms with Crippen molar-refractivity contribution in [3.05, 3.63) is 70.5 Å². The second kappa shape index (κ2) is 5.74. The lowest BCUT2D eigenvalue weighted by molar-refractivity contribution is 0.289. The van der Waals surface area contributed by atoms with Gasteiger partial charge in [0.05, 0.1) is 0 Å². The van der Waals surface area contributed by atoms with Gasteiger partial charge in [0.2, 0.25) is 0 Å². The second-order valence-electron chi connectivity index (χ2n) is 4.73. The molecule has 0 bridgehead atoms. The first-order valence-corrected chi connectivity index (χ1v) is 7.21. The van der Waals surface area contributed by atoms with Crippen LogP contribution in [0.3, 0.4) is 0 Å². The van der Waals surface area contributed by atoms with Gasteiger partial charge in [-0.15, -0.1) is 0 Å². The third-order valence-electron chi connectivity index (χ3n) is 3.14. The van der Waals surface area contributed by atoms with Crippen LogP contribution in [0.4, 0.5) is 4.39 Å². The number of hydrogen-bond donors (Lipinski definition) is 1. The molecule has 4 heteroatoms. The number of ether oxygens (including phenoxy) is 1. The summed E-state index contributed by atoms with van der Waals surface area (Å²) in [4.78, 5) is 0. The second-order valence-corrected chi connectivity index (χ2v) is 5.65. The van der Waals surface area contributed by atoms with E-state index in [9.17, 15) is 9.50 Å². The number of benzene rings is 3. The third kappa shape index (κ3) is 3.16. The van der Waals surface area contributed by atoms with E-state index in [0.29, 0.717) is 15.8 Å². The molecule has 0 saturated carbocycles. The summed E-state index contributed by atoms with van der Waals surface area (Å²) < 4.78 is 19.6. The normalized spacial score (nSPS) is 10.8. The molecule has 3 aromatic carbocycles. The van der Waals surface area contributed by atoms with Crippen molar-refractivity contribution in [2.24, 2.45) is 0 Å². The molecule has 3 rings (SSSR count). The molecule has 0 amide bonds. The van der Waals surface area contributed by atoms with Crippen molar-refractivity contribution in [3.63, 3.8) is 0 Å². The lowest BCUT2D eigenvalue weighted by Crippen LogP contribution is -1.96. The number of aromatic hydroxyl groups is 1. The average molecular weight is 347 g/mol. The van der Waals surface area contributed by atoms with Gasteiger partial charge in [0.1, 0.15) is 12.4 Å². The molecule has 0 heterocycles. The van der Waals surface area contributed by atoms with Crippen LogP contribution in [0.1, 0.15) is 5.56 Å². The Hall–Kier alpha value is -2.07. The molecular weight excluding hydrogens is 335 g/mol. The Morgan fingerprint density at radius 1 is 1.00 bits per heavy atom. The monoisotopic (exact) mass is 346 g/mol. The topological polar surface area (TPSA) is 29.5 Å². The quantitative estimate of drug-likeness (QED) is 0.720. The van der Waals surface area contributed by atoms with Gasteiger partial charge in [-0.25, -0.2) is 4.39 Å². The van der Waals surface area contributed by atoms with E-state index in [1.807, 2.05) is 24.3 Å². The van der Waals surface area contributed by atoms with Gasteiger partial charge in [-0.05, 0) is 46.7 Å². The van der Waals surface area contributed by atoms with E-state index in [-0.39, 0.29) is 18.2 Å². The van der Waals surface area contributed by atoms with Crippen molar-refractivity contribution < 1.29 is 14.2 Å². The highest BCUT2D eigenvalue weighted by Crippen LogP contribution is 2.32. The highest BCUT2D eigenvalue weighted by molar-refractivity contribution is 9.10. The Bertz CT molecular complexity index is 782. The zero-order chi connectivity index (χ0) is 14.8. The molecule has 0 unspecified atom stereocenters. The molecule has 21 heavy (non-hydrogen) atoms. The van der Waals surface area contributed by atoms with Gasteiger partial charge in [0, 0.05) is 4.47 Å². The van der Waals surface area contributed by atoms with Crippen molar-refractivity contribution in [1.82, 2.24) is 0 Å². The molecule has 0 aliphatic heterocycles. The number of fused-ring (bicyclic) bond motifs is 1. The van der Waals surface area contributed by atoms with Crippen LogP contribution in [0.25, 0.3) is 10.8 Å². The van der Waals surface area contributed by atoms with Crippen LogP contribution in [0.5, 0.6) is 11.5 Å². The maximum absolute atomic E-state index is 13.3. The zero-order valence-electron chi connectivity index (χ0n) is 11.0. The summed E-state index contributed by atoms with van der Waals surface area (Å²) in [5.41, 5.74) is 0.689. The Morgan fingerprint density at radius 3 is 2.43 bits per heavy atom. The van der Waals surface area contributed by atoms with Crippen LogP contribution in [0.15, 0.2) is 59.1 Å². The first kappa shape index (κ1) is 13.9. The van der Waals surface area contributed by atoms with E-state index >= 15 is 0 Å². The molecule has 0 saturated heterocycles. The molecule has 0 aliphatic rings. The number of halogens is 2. The minimum atomic E-state index is -0.328. The maximum Gasteiger partial charge on any atom is 0.162 e. The summed E-state index contributed by atoms with van der Waals surface area (Å²) >= 11 is 3.24. The molecule has 3 aromatic rings. The zero-order valence-corrected chi connectivity index (χ0v) is 12.6. The minimum Gasteiger partial charge on any atom is -0.504 e. The van der Waals surface area contributed by atoms with Gasteiger partial charge < -0.3 is 9.84 Å². The van der Waals surface area contributed by atoms with Crippen LogP contribution >= 0.6 is 15.9 Å². The van der Waals surface area contributed by atoms with Gasteiger partial charge in [-0.3, -0.25) is 0 Å². The lowest BCUT2D eigenvalue weighted by Gasteiger charge is -2.10. The number of phenolic OH excluding ortho intramolecular Hbond substituents is 1. The molecule has 0 aliphatic carbocycles. The van der Waals surface area contributed by atoms with Gasteiger partial charge in [0.15, 0.2) is 11.5 Å². The SMILES string of the molecule is Oc1cc2ccccc2cc1OCc1cc(F)cc(Br)c1. The van der Waals surface area contributed by atoms with Crippen LogP contribution in [0.2, 0.25) is 0 Å². The predicted molar refractivity (Wildman–Crippen MR) is 84.0 cm³/mol. The van der Waals surface area contributed by atoms with Gasteiger partial charge in [-0.2, -0.15) is 0 Å². The summed E-state index contributed by atoms with van der Waals surface area (Å²) in [5, 5.41) is 11.9. The van der Waals surface area contributed by atoms with Gasteiger partial charge in [-0.1, -0.05) is 40.2 Å². The first-order chi connectivity index (χ1) is 10.1. The first-order valence-electron chi connectivity index (χ1n) is 6.41. The highest BCUT2D eigenvalue weighted by Gasteiger charge is 2.06. The van der Waals surface area contributed by atoms with Crippen molar-refractivity contribution in [2.75, 3.05) is 0 Å². The Balaban J connectivity index is 1.86. The summed E-state index contributed by atoms with van der Waals surface area (Å²) in [6.45, 7) is 0.183. The van der Waals surface area contributed by atoms with Crippen molar-refractivity contribution >= 4 is 26.7 Å². The Morgan fingerprint density at radius 2 is 1.71 bits per heavy atom. The van der Waals surface area contributed by atoms with Gasteiger partial charge in [0.25, 0.3) is 0 Å². The summed E-state index contributed by atoms with van der Waals surface area (Å²) in [6, 6.07) is 15.7. The van der Waals surface area contributed by atoms with E-state index in [0.717, 1.165) is 10.8 Å². The fourth-order valence-corrected chi connectivity index (χ4v) is 2.69. The highest BCUT2D eigenvalue weighted by atomic mass is 79.9. The molecule has 0 aromatic heterocycles. The van der Waals surface area contributed by atoms with Crippen LogP contribution < -0.4 is 4.74 Å². The van der Waals surface area contributed by atoms with E-state index in [1.165, 1.54) is 12.1 Å². The van der Waals surface area contributed by atoms with E-state index in [2.05, 4.69) is 15.9 Å². The van der Waals surface area contributed by atoms with E-state index < -0.39 is 0 Å². The van der Waals surface area contributed by atoms with E-state index in [4.69, 9.17) is 4.74 Å². The van der Waals surface area contributed by atoms with Crippen LogP contribution in [0, 0.1) is 5.82 Å². The van der Waals surface area contributed by atoms with Crippen LogP contribution in [-0.4, -0.2) is 5.11 Å². The van der Waals surface area contributed by atoms with Crippen molar-refractivity contribution in [1.29, 1.82) is 0 Å². The summed E-state index contributed by atoms with van der Waals surface area (Å²) in [5.74, 6) is 0.129. The molecule has 0 atom stereocenters. The number of phenols is 1. The number of rotatable bonds is 3. The average Bonchev–Trinajstić information content (AvgIpc) is 2.44. The van der Waals surface area contributed by atoms with Crippen LogP contribution in [-0.2, 0) is 6.61 Å². The Kier molecular flexibility index (Phi) is 3.80. The number of hydrogen-bond acceptors (Lipinski definition) is 2. The third-order valence-corrected chi connectivity index (χ3v) is 3.60. The fraction of sp³-hybridized carbons (Fsp3) is 0.0588. The van der Waals surface area contributed by atoms with Crippen molar-refractivity contribution in [3.8, 4) is 11.5 Å². The molecule has 2 nitrogen and oxygen atoms in total. The molecule has 0 radical (unpaired) electrons. The van der Waals surface area contributed by atoms with Gasteiger partial charge >= 0.3 is 0 Å². The Labute approximate surface area is 129 Å². The largest absolute Gasteiger partial charge is 0.504 e. The molecule has 106 valence electrons. The predicted octanol–water partition coefficient (Wildman–Crippen LogP) is 5.03. The smallest absolute Gasteiger partial charge is 0.162 e. The lowest BCUT2D eigenvalue weighted by atomic mass is 10.1. The minimum absolute atomic E-state index is 0.0733. The molecular formula is C17H12BrFO2. The molecule has 0 spiro atoms. The standard InChI is InChI=1S/C17H12BrFO2/c18-14-5-11(6-15(19)9-14)10-21-17-8-13-4-2-1-3-12(13)7-16(17)20/h1-9,20H,10H2.